The third-order valence-electron chi connectivity index (χ3n) is 1.53. The van der Waals surface area contributed by atoms with Gasteiger partial charge in [0.15, 0.2) is 0 Å². The van der Waals surface area contributed by atoms with Gasteiger partial charge in [-0.15, -0.1) is 13.2 Å². The smallest absolute Gasteiger partial charge is 0.384 e. The van der Waals surface area contributed by atoms with E-state index in [0.29, 0.717) is 0 Å². The van der Waals surface area contributed by atoms with Crippen molar-refractivity contribution in [3.63, 3.8) is 0 Å². The second-order valence-corrected chi connectivity index (χ2v) is 2.53. The van der Waals surface area contributed by atoms with Crippen molar-refractivity contribution in [2.24, 2.45) is 0 Å². The van der Waals surface area contributed by atoms with Gasteiger partial charge < -0.3 is 14.6 Å². The van der Waals surface area contributed by atoms with Gasteiger partial charge in [-0.3, -0.25) is 0 Å². The third kappa shape index (κ3) is 5.68. The first-order valence-electron chi connectivity index (χ1n) is 4.27. The number of aliphatic hydroxyl groups excluding tert-OH is 1. The lowest BCUT2D eigenvalue weighted by atomic mass is 10.2. The van der Waals surface area contributed by atoms with Gasteiger partial charge in [-0.05, 0) is 0 Å². The SMILES string of the molecule is C=C[C@@H](O)[C@@H](C=C)OCC#CC(=O)OC. The summed E-state index contributed by atoms with van der Waals surface area (Å²) in [5.41, 5.74) is 0. The van der Waals surface area contributed by atoms with Gasteiger partial charge in [0.05, 0.1) is 7.11 Å². The summed E-state index contributed by atoms with van der Waals surface area (Å²) in [5, 5.41) is 9.32. The number of hydrogen-bond donors (Lipinski definition) is 1. The quantitative estimate of drug-likeness (QED) is 0.306. The topological polar surface area (TPSA) is 55.8 Å². The number of esters is 1. The van der Waals surface area contributed by atoms with Crippen LogP contribution in [0.4, 0.5) is 0 Å². The number of rotatable bonds is 5. The van der Waals surface area contributed by atoms with Crippen LogP contribution >= 0.6 is 0 Å². The van der Waals surface area contributed by atoms with Crippen LogP contribution in [0.15, 0.2) is 25.3 Å². The minimum absolute atomic E-state index is 0.0106. The molecule has 0 unspecified atom stereocenters. The molecule has 0 fully saturated rings. The second kappa shape index (κ2) is 7.80. The highest BCUT2D eigenvalue weighted by atomic mass is 16.5. The highest BCUT2D eigenvalue weighted by Gasteiger charge is 2.11. The molecule has 0 saturated heterocycles. The lowest BCUT2D eigenvalue weighted by molar-refractivity contribution is -0.133. The lowest BCUT2D eigenvalue weighted by Gasteiger charge is -2.15. The zero-order valence-electron chi connectivity index (χ0n) is 8.60. The first kappa shape index (κ1) is 13.4. The molecule has 0 radical (unpaired) electrons. The summed E-state index contributed by atoms with van der Waals surface area (Å²) in [7, 11) is 1.24. The predicted molar refractivity (Wildman–Crippen MR) is 55.9 cm³/mol. The molecule has 0 aromatic heterocycles. The van der Waals surface area contributed by atoms with Gasteiger partial charge in [0.1, 0.15) is 18.8 Å². The molecule has 0 aliphatic carbocycles. The molecule has 0 aromatic rings. The molecule has 0 aromatic carbocycles. The first-order chi connectivity index (χ1) is 7.15. The van der Waals surface area contributed by atoms with E-state index < -0.39 is 18.2 Å². The Morgan fingerprint density at radius 3 is 2.67 bits per heavy atom. The molecule has 1 N–H and O–H groups in total. The van der Waals surface area contributed by atoms with Crippen molar-refractivity contribution < 1.29 is 19.4 Å². The fourth-order valence-corrected chi connectivity index (χ4v) is 0.737. The second-order valence-electron chi connectivity index (χ2n) is 2.53. The Labute approximate surface area is 89.2 Å². The van der Waals surface area contributed by atoms with Gasteiger partial charge in [0, 0.05) is 5.92 Å². The van der Waals surface area contributed by atoms with Crippen LogP contribution in [0.3, 0.4) is 0 Å². The number of hydrogen-bond acceptors (Lipinski definition) is 4. The zero-order chi connectivity index (χ0) is 11.7. The molecule has 82 valence electrons. The van der Waals surface area contributed by atoms with E-state index in [1.807, 2.05) is 0 Å². The summed E-state index contributed by atoms with van der Waals surface area (Å²) in [6.45, 7) is 6.91. The molecule has 4 heteroatoms. The Kier molecular flexibility index (Phi) is 6.98. The van der Waals surface area contributed by atoms with Crippen LogP contribution in [0.25, 0.3) is 0 Å². The third-order valence-corrected chi connectivity index (χ3v) is 1.53. The standard InChI is InChI=1S/C11H14O4/c1-4-9(12)10(5-2)15-8-6-7-11(13)14-3/h4-5,9-10,12H,1-2,8H2,3H3/t9-,10-/m1/s1. The highest BCUT2D eigenvalue weighted by molar-refractivity contribution is 5.88. The van der Waals surface area contributed by atoms with Crippen molar-refractivity contribution >= 4 is 5.97 Å². The fourth-order valence-electron chi connectivity index (χ4n) is 0.737. The van der Waals surface area contributed by atoms with E-state index in [1.54, 1.807) is 0 Å². The van der Waals surface area contributed by atoms with Crippen molar-refractivity contribution in [2.75, 3.05) is 13.7 Å². The fraction of sp³-hybridized carbons (Fsp3) is 0.364. The average molecular weight is 210 g/mol. The van der Waals surface area contributed by atoms with Crippen molar-refractivity contribution in [1.82, 2.24) is 0 Å². The molecule has 0 aliphatic heterocycles. The molecule has 4 nitrogen and oxygen atoms in total. The molecule has 0 bridgehead atoms. The van der Waals surface area contributed by atoms with Gasteiger partial charge in [-0.1, -0.05) is 18.1 Å². The van der Waals surface area contributed by atoms with E-state index in [0.717, 1.165) is 0 Å². The maximum atomic E-state index is 10.6. The summed E-state index contributed by atoms with van der Waals surface area (Å²) < 4.78 is 9.42. The van der Waals surface area contributed by atoms with Gasteiger partial charge in [0.2, 0.25) is 0 Å². The van der Waals surface area contributed by atoms with Crippen LogP contribution in [0.5, 0.6) is 0 Å². The Balaban J connectivity index is 4.00. The zero-order valence-corrected chi connectivity index (χ0v) is 8.60. The largest absolute Gasteiger partial charge is 0.459 e. The van der Waals surface area contributed by atoms with Crippen LogP contribution in [0.1, 0.15) is 0 Å². The summed E-state index contributed by atoms with van der Waals surface area (Å²) in [4.78, 5) is 10.6. The summed E-state index contributed by atoms with van der Waals surface area (Å²) in [6.07, 6.45) is 1.36. The van der Waals surface area contributed by atoms with E-state index in [-0.39, 0.29) is 6.61 Å². The van der Waals surface area contributed by atoms with Crippen LogP contribution in [0.2, 0.25) is 0 Å². The van der Waals surface area contributed by atoms with Crippen LogP contribution < -0.4 is 0 Å². The number of carbonyl (C=O) groups is 1. The number of ether oxygens (including phenoxy) is 2. The Bertz CT molecular complexity index is 285. The molecular formula is C11H14O4. The normalized spacial score (nSPS) is 12.9. The Morgan fingerprint density at radius 2 is 2.20 bits per heavy atom. The van der Waals surface area contributed by atoms with Gasteiger partial charge in [-0.25, -0.2) is 4.79 Å². The summed E-state index contributed by atoms with van der Waals surface area (Å²) >= 11 is 0. The van der Waals surface area contributed by atoms with Gasteiger partial charge >= 0.3 is 5.97 Å². The first-order valence-corrected chi connectivity index (χ1v) is 4.27. The molecule has 0 spiro atoms. The van der Waals surface area contributed by atoms with E-state index in [9.17, 15) is 9.90 Å². The maximum absolute atomic E-state index is 10.6. The molecule has 0 rings (SSSR count). The molecule has 0 amide bonds. The van der Waals surface area contributed by atoms with E-state index in [2.05, 4.69) is 29.7 Å². The minimum Gasteiger partial charge on any atom is -0.459 e. The Hall–Kier alpha value is -1.57. The molecular weight excluding hydrogens is 196 g/mol. The molecule has 0 saturated carbocycles. The van der Waals surface area contributed by atoms with Crippen LogP contribution in [0, 0.1) is 11.8 Å². The van der Waals surface area contributed by atoms with Crippen LogP contribution in [-0.2, 0) is 14.3 Å². The molecule has 15 heavy (non-hydrogen) atoms. The van der Waals surface area contributed by atoms with Crippen molar-refractivity contribution in [3.8, 4) is 11.8 Å². The van der Waals surface area contributed by atoms with Crippen LogP contribution in [-0.4, -0.2) is 37.0 Å². The predicted octanol–water partition coefficient (Wildman–Crippen LogP) is 0.281. The lowest BCUT2D eigenvalue weighted by Crippen LogP contribution is -2.24. The highest BCUT2D eigenvalue weighted by Crippen LogP contribution is 2.01. The number of aliphatic hydroxyl groups is 1. The summed E-state index contributed by atoms with van der Waals surface area (Å²) in [6, 6.07) is 0. The van der Waals surface area contributed by atoms with Gasteiger partial charge in [-0.2, -0.15) is 0 Å². The Morgan fingerprint density at radius 1 is 1.53 bits per heavy atom. The molecule has 0 heterocycles. The van der Waals surface area contributed by atoms with Crippen molar-refractivity contribution in [1.29, 1.82) is 0 Å². The van der Waals surface area contributed by atoms with Gasteiger partial charge in [0.25, 0.3) is 0 Å². The molecule has 2 atom stereocenters. The monoisotopic (exact) mass is 210 g/mol. The minimum atomic E-state index is -0.831. The summed E-state index contributed by atoms with van der Waals surface area (Å²) in [5.74, 6) is 4.00. The molecule has 0 aliphatic rings. The maximum Gasteiger partial charge on any atom is 0.384 e. The van der Waals surface area contributed by atoms with Crippen molar-refractivity contribution in [2.45, 2.75) is 12.2 Å². The van der Waals surface area contributed by atoms with Crippen molar-refractivity contribution in [3.05, 3.63) is 25.3 Å². The van der Waals surface area contributed by atoms with E-state index in [1.165, 1.54) is 19.3 Å². The van der Waals surface area contributed by atoms with E-state index >= 15 is 0 Å². The van der Waals surface area contributed by atoms with E-state index in [4.69, 9.17) is 4.74 Å². The number of methoxy groups -OCH3 is 1. The number of carbonyl (C=O) groups excluding carboxylic acids is 1. The average Bonchev–Trinajstić information content (AvgIpc) is 2.27.